The first kappa shape index (κ1) is 8.14. The van der Waals surface area contributed by atoms with E-state index >= 15 is 0 Å². The lowest BCUT2D eigenvalue weighted by Crippen LogP contribution is -2.13. The van der Waals surface area contributed by atoms with Gasteiger partial charge in [-0.15, -0.1) is 0 Å². The van der Waals surface area contributed by atoms with Gasteiger partial charge in [0, 0.05) is 26.0 Å². The number of nitrogens with zero attached hydrogens (tertiary/aromatic N) is 2. The lowest BCUT2D eigenvalue weighted by Gasteiger charge is -2.08. The van der Waals surface area contributed by atoms with Crippen LogP contribution in [0.1, 0.15) is 0 Å². The maximum atomic E-state index is 11.5. The predicted octanol–water partition coefficient (Wildman–Crippen LogP) is 1.06. The number of halogens is 1. The molecule has 0 saturated heterocycles. The Hall–Kier alpha value is -0.860. The average molecular weight is 130 g/mol. The molecule has 0 rings (SSSR count). The summed E-state index contributed by atoms with van der Waals surface area (Å²) < 4.78 is 11.5. The zero-order valence-electron chi connectivity index (χ0n) is 5.55. The van der Waals surface area contributed by atoms with Crippen LogP contribution in [0, 0.1) is 0 Å². The molecule has 0 aromatic carbocycles. The van der Waals surface area contributed by atoms with Gasteiger partial charge in [-0.05, 0) is 6.72 Å². The molecule has 0 aromatic heterocycles. The SMILES string of the molecule is C=N/C=C\N(C)CCF. The molecule has 52 valence electrons. The predicted molar refractivity (Wildman–Crippen MR) is 37.3 cm³/mol. The van der Waals surface area contributed by atoms with Crippen molar-refractivity contribution in [2.75, 3.05) is 20.3 Å². The molecule has 9 heavy (non-hydrogen) atoms. The van der Waals surface area contributed by atoms with Gasteiger partial charge in [0.1, 0.15) is 6.67 Å². The largest absolute Gasteiger partial charge is 0.377 e. The number of alkyl halides is 1. The molecule has 0 spiro atoms. The van der Waals surface area contributed by atoms with Gasteiger partial charge in [0.25, 0.3) is 0 Å². The summed E-state index contributed by atoms with van der Waals surface area (Å²) in [5.74, 6) is 0. The molecule has 0 fully saturated rings. The minimum atomic E-state index is -0.335. The highest BCUT2D eigenvalue weighted by molar-refractivity contribution is 5.25. The van der Waals surface area contributed by atoms with Crippen LogP contribution in [0.3, 0.4) is 0 Å². The van der Waals surface area contributed by atoms with Crippen LogP contribution in [-0.4, -0.2) is 31.9 Å². The minimum absolute atomic E-state index is 0.335. The molecule has 0 unspecified atom stereocenters. The Morgan fingerprint density at radius 3 is 2.89 bits per heavy atom. The van der Waals surface area contributed by atoms with Crippen LogP contribution in [0.2, 0.25) is 0 Å². The molecule has 0 aliphatic heterocycles. The van der Waals surface area contributed by atoms with Crippen molar-refractivity contribution in [1.82, 2.24) is 4.90 Å². The van der Waals surface area contributed by atoms with E-state index in [1.807, 2.05) is 0 Å². The van der Waals surface area contributed by atoms with E-state index in [1.165, 1.54) is 6.20 Å². The topological polar surface area (TPSA) is 15.6 Å². The molecule has 0 N–H and O–H groups in total. The van der Waals surface area contributed by atoms with E-state index in [0.717, 1.165) is 0 Å². The second-order valence-electron chi connectivity index (χ2n) is 1.65. The lowest BCUT2D eigenvalue weighted by atomic mass is 10.6. The second kappa shape index (κ2) is 5.28. The van der Waals surface area contributed by atoms with Gasteiger partial charge in [-0.2, -0.15) is 0 Å². The summed E-state index contributed by atoms with van der Waals surface area (Å²) in [4.78, 5) is 5.17. The molecular weight excluding hydrogens is 119 g/mol. The van der Waals surface area contributed by atoms with Gasteiger partial charge in [-0.25, -0.2) is 4.39 Å². The van der Waals surface area contributed by atoms with Gasteiger partial charge in [0.05, 0.1) is 0 Å². The van der Waals surface area contributed by atoms with Crippen molar-refractivity contribution in [3.63, 3.8) is 0 Å². The van der Waals surface area contributed by atoms with Gasteiger partial charge in [-0.1, -0.05) is 0 Å². The normalized spacial score (nSPS) is 10.0. The van der Waals surface area contributed by atoms with Crippen molar-refractivity contribution in [3.8, 4) is 0 Å². The Labute approximate surface area is 54.7 Å². The van der Waals surface area contributed by atoms with Crippen molar-refractivity contribution >= 4 is 6.72 Å². The molecule has 0 aliphatic carbocycles. The summed E-state index contributed by atoms with van der Waals surface area (Å²) in [6, 6.07) is 0. The first-order valence-corrected chi connectivity index (χ1v) is 2.70. The zero-order chi connectivity index (χ0) is 7.11. The van der Waals surface area contributed by atoms with E-state index in [2.05, 4.69) is 11.7 Å². The van der Waals surface area contributed by atoms with Gasteiger partial charge < -0.3 is 4.90 Å². The van der Waals surface area contributed by atoms with E-state index < -0.39 is 0 Å². The minimum Gasteiger partial charge on any atom is -0.377 e. The van der Waals surface area contributed by atoms with Gasteiger partial charge in [-0.3, -0.25) is 4.99 Å². The molecule has 0 amide bonds. The van der Waals surface area contributed by atoms with Crippen LogP contribution in [0.4, 0.5) is 4.39 Å². The van der Waals surface area contributed by atoms with E-state index in [4.69, 9.17) is 0 Å². The zero-order valence-corrected chi connectivity index (χ0v) is 5.55. The van der Waals surface area contributed by atoms with Crippen LogP contribution >= 0.6 is 0 Å². The highest BCUT2D eigenvalue weighted by Gasteiger charge is 1.85. The number of hydrogen-bond donors (Lipinski definition) is 0. The van der Waals surface area contributed by atoms with Gasteiger partial charge in [0.2, 0.25) is 0 Å². The molecule has 0 aromatic rings. The molecular formula is C6H11FN2. The van der Waals surface area contributed by atoms with E-state index in [-0.39, 0.29) is 6.67 Å². The molecule has 0 aliphatic rings. The van der Waals surface area contributed by atoms with Gasteiger partial charge in [0.15, 0.2) is 0 Å². The van der Waals surface area contributed by atoms with Crippen LogP contribution in [0.5, 0.6) is 0 Å². The lowest BCUT2D eigenvalue weighted by molar-refractivity contribution is 0.371. The fraction of sp³-hybridized carbons (Fsp3) is 0.500. The molecule has 0 heterocycles. The first-order valence-electron chi connectivity index (χ1n) is 2.70. The van der Waals surface area contributed by atoms with Crippen molar-refractivity contribution in [1.29, 1.82) is 0 Å². The van der Waals surface area contributed by atoms with Crippen LogP contribution in [0.25, 0.3) is 0 Å². The summed E-state index contributed by atoms with van der Waals surface area (Å²) in [6.45, 7) is 3.31. The van der Waals surface area contributed by atoms with Crippen molar-refractivity contribution in [3.05, 3.63) is 12.4 Å². The monoisotopic (exact) mass is 130 g/mol. The fourth-order valence-electron chi connectivity index (χ4n) is 0.369. The Balaban J connectivity index is 3.35. The number of hydrogen-bond acceptors (Lipinski definition) is 2. The van der Waals surface area contributed by atoms with Crippen molar-refractivity contribution < 1.29 is 4.39 Å². The molecule has 0 saturated carbocycles. The number of rotatable bonds is 4. The molecule has 2 nitrogen and oxygen atoms in total. The highest BCUT2D eigenvalue weighted by Crippen LogP contribution is 1.83. The average Bonchev–Trinajstić information content (AvgIpc) is 1.85. The van der Waals surface area contributed by atoms with E-state index in [1.54, 1.807) is 18.1 Å². The molecule has 3 heteroatoms. The maximum absolute atomic E-state index is 11.5. The fourth-order valence-corrected chi connectivity index (χ4v) is 0.369. The standard InChI is InChI=1S/C6H11FN2/c1-8-4-6-9(2)5-3-7/h4,6H,1,3,5H2,2H3/b6-4-. The van der Waals surface area contributed by atoms with Gasteiger partial charge >= 0.3 is 0 Å². The van der Waals surface area contributed by atoms with Crippen molar-refractivity contribution in [2.45, 2.75) is 0 Å². The van der Waals surface area contributed by atoms with Crippen LogP contribution in [0.15, 0.2) is 17.4 Å². The Kier molecular flexibility index (Phi) is 4.78. The maximum Gasteiger partial charge on any atom is 0.107 e. The third kappa shape index (κ3) is 5.00. The Bertz CT molecular complexity index is 101. The molecule has 0 bridgehead atoms. The summed E-state index contributed by atoms with van der Waals surface area (Å²) in [5, 5.41) is 0. The Morgan fingerprint density at radius 2 is 2.44 bits per heavy atom. The van der Waals surface area contributed by atoms with Crippen LogP contribution < -0.4 is 0 Å². The summed E-state index contributed by atoms with van der Waals surface area (Å²) in [5.41, 5.74) is 0. The second-order valence-corrected chi connectivity index (χ2v) is 1.65. The Morgan fingerprint density at radius 1 is 1.78 bits per heavy atom. The third-order valence-corrected chi connectivity index (χ3v) is 0.864. The third-order valence-electron chi connectivity index (χ3n) is 0.864. The molecule has 0 atom stereocenters. The van der Waals surface area contributed by atoms with E-state index in [9.17, 15) is 4.39 Å². The summed E-state index contributed by atoms with van der Waals surface area (Å²) in [7, 11) is 1.78. The first-order chi connectivity index (χ1) is 4.31. The summed E-state index contributed by atoms with van der Waals surface area (Å²) in [6.07, 6.45) is 3.20. The number of aliphatic imine (C=N–C) groups is 1. The smallest absolute Gasteiger partial charge is 0.107 e. The van der Waals surface area contributed by atoms with Crippen molar-refractivity contribution in [2.24, 2.45) is 4.99 Å². The van der Waals surface area contributed by atoms with E-state index in [0.29, 0.717) is 6.54 Å². The summed E-state index contributed by atoms with van der Waals surface area (Å²) >= 11 is 0. The molecule has 0 radical (unpaired) electrons. The quantitative estimate of drug-likeness (QED) is 0.519. The van der Waals surface area contributed by atoms with Crippen LogP contribution in [-0.2, 0) is 0 Å². The highest BCUT2D eigenvalue weighted by atomic mass is 19.1.